The van der Waals surface area contributed by atoms with Crippen molar-refractivity contribution >= 4 is 10.2 Å². The van der Waals surface area contributed by atoms with E-state index in [9.17, 15) is 8.42 Å². The van der Waals surface area contributed by atoms with E-state index in [1.807, 2.05) is 14.1 Å². The van der Waals surface area contributed by atoms with E-state index in [-0.39, 0.29) is 12.1 Å². The van der Waals surface area contributed by atoms with Gasteiger partial charge in [0.25, 0.3) is 10.2 Å². The van der Waals surface area contributed by atoms with Gasteiger partial charge < -0.3 is 10.0 Å². The van der Waals surface area contributed by atoms with E-state index in [2.05, 4.69) is 4.90 Å². The monoisotopic (exact) mass is 293 g/mol. The Hall–Kier alpha value is -0.210. The molecule has 0 aromatic rings. The van der Waals surface area contributed by atoms with Crippen LogP contribution in [0.25, 0.3) is 0 Å². The summed E-state index contributed by atoms with van der Waals surface area (Å²) >= 11 is 0. The zero-order valence-electron chi connectivity index (χ0n) is 12.5. The molecule has 0 aromatic heterocycles. The zero-order valence-corrected chi connectivity index (χ0v) is 13.3. The van der Waals surface area contributed by atoms with Crippen LogP contribution in [-0.2, 0) is 10.2 Å². The molecular weight excluding hydrogens is 266 g/mol. The summed E-state index contributed by atoms with van der Waals surface area (Å²) in [7, 11) is 3.79. The van der Waals surface area contributed by atoms with Crippen molar-refractivity contribution in [3.63, 3.8) is 0 Å². The minimum atomic E-state index is -3.43. The molecule has 114 valence electrons. The van der Waals surface area contributed by atoms with Crippen molar-refractivity contribution in [2.24, 2.45) is 0 Å². The summed E-state index contributed by atoms with van der Waals surface area (Å²) in [6.07, 6.45) is 3.70. The van der Waals surface area contributed by atoms with Crippen LogP contribution in [0, 0.1) is 0 Å². The number of rotatable bonds is 8. The van der Waals surface area contributed by atoms with Crippen molar-refractivity contribution in [1.29, 1.82) is 0 Å². The van der Waals surface area contributed by atoms with Crippen molar-refractivity contribution in [2.75, 3.05) is 47.9 Å². The fourth-order valence-electron chi connectivity index (χ4n) is 2.47. The molecule has 1 saturated carbocycles. The average Bonchev–Trinajstić information content (AvgIpc) is 2.29. The minimum absolute atomic E-state index is 0.00517. The molecule has 7 heteroatoms. The van der Waals surface area contributed by atoms with Crippen molar-refractivity contribution in [3.8, 4) is 0 Å². The Bertz CT molecular complexity index is 380. The van der Waals surface area contributed by atoms with Gasteiger partial charge in [-0.25, -0.2) is 0 Å². The maximum atomic E-state index is 12.3. The summed E-state index contributed by atoms with van der Waals surface area (Å²) < 4.78 is 27.4. The summed E-state index contributed by atoms with van der Waals surface area (Å²) in [4.78, 5) is 2.14. The Balaban J connectivity index is 2.68. The number of aliphatic hydroxyl groups excluding tert-OH is 1. The molecule has 1 fully saturated rings. The van der Waals surface area contributed by atoms with E-state index in [1.165, 1.54) is 8.61 Å². The summed E-state index contributed by atoms with van der Waals surface area (Å²) in [6, 6.07) is 0. The molecule has 0 radical (unpaired) electrons. The molecule has 19 heavy (non-hydrogen) atoms. The largest absolute Gasteiger partial charge is 0.396 e. The van der Waals surface area contributed by atoms with Crippen LogP contribution < -0.4 is 0 Å². The highest BCUT2D eigenvalue weighted by atomic mass is 32.2. The van der Waals surface area contributed by atoms with Crippen LogP contribution >= 0.6 is 0 Å². The highest BCUT2D eigenvalue weighted by Gasteiger charge is 2.42. The molecule has 0 unspecified atom stereocenters. The summed E-state index contributed by atoms with van der Waals surface area (Å²) in [5, 5.41) is 8.78. The molecule has 1 rings (SSSR count). The highest BCUT2D eigenvalue weighted by Crippen LogP contribution is 2.37. The van der Waals surface area contributed by atoms with Crippen molar-refractivity contribution in [3.05, 3.63) is 0 Å². The topological polar surface area (TPSA) is 64.1 Å². The van der Waals surface area contributed by atoms with Gasteiger partial charge in [-0.05, 0) is 39.8 Å². The van der Waals surface area contributed by atoms with E-state index < -0.39 is 10.2 Å². The lowest BCUT2D eigenvalue weighted by Crippen LogP contribution is -2.58. The third kappa shape index (κ3) is 3.66. The van der Waals surface area contributed by atoms with Gasteiger partial charge in [0.2, 0.25) is 0 Å². The number of hydrogen-bond acceptors (Lipinski definition) is 4. The molecule has 0 spiro atoms. The van der Waals surface area contributed by atoms with E-state index in [1.54, 1.807) is 14.1 Å². The number of likely N-dealkylation sites (N-methyl/N-ethyl adjacent to an activating group) is 2. The molecule has 1 aliphatic carbocycles. The first kappa shape index (κ1) is 16.8. The smallest absolute Gasteiger partial charge is 0.281 e. The number of hydrogen-bond donors (Lipinski definition) is 1. The maximum Gasteiger partial charge on any atom is 0.281 e. The van der Waals surface area contributed by atoms with Crippen LogP contribution in [0.2, 0.25) is 0 Å². The van der Waals surface area contributed by atoms with Crippen molar-refractivity contribution in [1.82, 2.24) is 13.5 Å². The van der Waals surface area contributed by atoms with Gasteiger partial charge in [0.05, 0.1) is 0 Å². The number of nitrogens with zero attached hydrogens (tertiary/aromatic N) is 3. The second-order valence-electron chi connectivity index (χ2n) is 5.63. The molecule has 0 bridgehead atoms. The molecule has 1 aliphatic rings. The van der Waals surface area contributed by atoms with Gasteiger partial charge in [0.15, 0.2) is 0 Å². The fourth-order valence-corrected chi connectivity index (χ4v) is 3.71. The Morgan fingerprint density at radius 3 is 2.05 bits per heavy atom. The van der Waals surface area contributed by atoms with Gasteiger partial charge in [-0.2, -0.15) is 17.0 Å². The quantitative estimate of drug-likeness (QED) is 0.682. The van der Waals surface area contributed by atoms with E-state index in [4.69, 9.17) is 5.11 Å². The molecule has 1 N–H and O–H groups in total. The molecule has 0 aliphatic heterocycles. The maximum absolute atomic E-state index is 12.3. The SMILES string of the molecule is CN(C)C1(CN(C)S(=O)(=O)N(C)CCCO)CCC1. The van der Waals surface area contributed by atoms with Crippen LogP contribution in [0.1, 0.15) is 25.7 Å². The van der Waals surface area contributed by atoms with Crippen LogP contribution in [0.4, 0.5) is 0 Å². The lowest BCUT2D eigenvalue weighted by molar-refractivity contribution is 0.0444. The number of aliphatic hydroxyl groups is 1. The highest BCUT2D eigenvalue weighted by molar-refractivity contribution is 7.86. The van der Waals surface area contributed by atoms with Crippen LogP contribution in [0.3, 0.4) is 0 Å². The first-order valence-corrected chi connectivity index (χ1v) is 8.12. The van der Waals surface area contributed by atoms with E-state index in [0.29, 0.717) is 19.5 Å². The molecule has 0 amide bonds. The molecular formula is C12H27N3O3S. The molecule has 0 atom stereocenters. The average molecular weight is 293 g/mol. The second kappa shape index (κ2) is 6.49. The van der Waals surface area contributed by atoms with Gasteiger partial charge in [-0.3, -0.25) is 0 Å². The normalized spacial score (nSPS) is 19.2. The first-order chi connectivity index (χ1) is 8.76. The van der Waals surface area contributed by atoms with Gasteiger partial charge >= 0.3 is 0 Å². The van der Waals surface area contributed by atoms with Gasteiger partial charge in [-0.15, -0.1) is 0 Å². The van der Waals surface area contributed by atoms with Gasteiger partial charge in [0.1, 0.15) is 0 Å². The fraction of sp³-hybridized carbons (Fsp3) is 1.00. The minimum Gasteiger partial charge on any atom is -0.396 e. The summed E-state index contributed by atoms with van der Waals surface area (Å²) in [5.74, 6) is 0. The lowest BCUT2D eigenvalue weighted by atomic mass is 9.75. The van der Waals surface area contributed by atoms with Gasteiger partial charge in [-0.1, -0.05) is 0 Å². The zero-order chi connectivity index (χ0) is 14.7. The molecule has 6 nitrogen and oxygen atoms in total. The summed E-state index contributed by atoms with van der Waals surface area (Å²) in [6.45, 7) is 0.870. The third-order valence-corrected chi connectivity index (χ3v) is 6.06. The predicted octanol–water partition coefficient (Wildman–Crippen LogP) is -0.0385. The second-order valence-corrected chi connectivity index (χ2v) is 7.78. The molecule has 0 saturated heterocycles. The Morgan fingerprint density at radius 1 is 1.11 bits per heavy atom. The Morgan fingerprint density at radius 2 is 1.68 bits per heavy atom. The van der Waals surface area contributed by atoms with E-state index in [0.717, 1.165) is 19.3 Å². The molecule has 0 heterocycles. The summed E-state index contributed by atoms with van der Waals surface area (Å²) in [5.41, 5.74) is -0.0142. The first-order valence-electron chi connectivity index (χ1n) is 6.72. The lowest BCUT2D eigenvalue weighted by Gasteiger charge is -2.49. The Labute approximate surface area is 117 Å². The van der Waals surface area contributed by atoms with Gasteiger partial charge in [0, 0.05) is 39.3 Å². The van der Waals surface area contributed by atoms with E-state index >= 15 is 0 Å². The van der Waals surface area contributed by atoms with Crippen LogP contribution in [0.15, 0.2) is 0 Å². The molecule has 0 aromatic carbocycles. The van der Waals surface area contributed by atoms with Crippen LogP contribution in [0.5, 0.6) is 0 Å². The van der Waals surface area contributed by atoms with Crippen molar-refractivity contribution in [2.45, 2.75) is 31.2 Å². The predicted molar refractivity (Wildman–Crippen MR) is 76.2 cm³/mol. The van der Waals surface area contributed by atoms with Crippen LogP contribution in [-0.4, -0.2) is 80.5 Å². The third-order valence-electron chi connectivity index (χ3n) is 4.17. The standard InChI is InChI=1S/C12H27N3O3S/c1-13(2)12(7-5-8-12)11-15(4)19(17,18)14(3)9-6-10-16/h16H,5-11H2,1-4H3. The Kier molecular flexibility index (Phi) is 5.76. The van der Waals surface area contributed by atoms with Crippen molar-refractivity contribution < 1.29 is 13.5 Å².